The molecule has 1 aliphatic rings. The molecule has 1 aromatic rings. The predicted octanol–water partition coefficient (Wildman–Crippen LogP) is 2.80. The SMILES string of the molecule is Cc1nc(SC2CCCCC2O)nc(C)c1C. The van der Waals surface area contributed by atoms with E-state index in [1.54, 1.807) is 11.8 Å². The van der Waals surface area contributed by atoms with E-state index in [0.717, 1.165) is 35.8 Å². The molecule has 0 radical (unpaired) electrons. The zero-order chi connectivity index (χ0) is 12.4. The Hall–Kier alpha value is -0.610. The van der Waals surface area contributed by atoms with Crippen LogP contribution in [-0.4, -0.2) is 26.4 Å². The van der Waals surface area contributed by atoms with Crippen LogP contribution in [0.5, 0.6) is 0 Å². The van der Waals surface area contributed by atoms with Gasteiger partial charge in [0.25, 0.3) is 0 Å². The predicted molar refractivity (Wildman–Crippen MR) is 70.4 cm³/mol. The number of thioether (sulfide) groups is 1. The first-order valence-corrected chi connectivity index (χ1v) is 7.12. The second-order valence-electron chi connectivity index (χ2n) is 4.81. The molecule has 1 aromatic heterocycles. The number of hydrogen-bond acceptors (Lipinski definition) is 4. The van der Waals surface area contributed by atoms with E-state index in [9.17, 15) is 5.11 Å². The molecule has 0 aliphatic heterocycles. The first kappa shape index (κ1) is 12.8. The molecule has 17 heavy (non-hydrogen) atoms. The van der Waals surface area contributed by atoms with Gasteiger partial charge in [0.15, 0.2) is 5.16 Å². The first-order chi connectivity index (χ1) is 8.08. The molecule has 0 amide bonds. The Morgan fingerprint density at radius 3 is 2.24 bits per heavy atom. The van der Waals surface area contributed by atoms with Gasteiger partial charge >= 0.3 is 0 Å². The number of hydrogen-bond donors (Lipinski definition) is 1. The molecule has 2 atom stereocenters. The Bertz CT molecular complexity index is 385. The van der Waals surface area contributed by atoms with Crippen molar-refractivity contribution >= 4 is 11.8 Å². The quantitative estimate of drug-likeness (QED) is 0.822. The van der Waals surface area contributed by atoms with E-state index in [1.165, 1.54) is 12.0 Å². The van der Waals surface area contributed by atoms with Gasteiger partial charge in [0.05, 0.1) is 6.10 Å². The van der Waals surface area contributed by atoms with E-state index < -0.39 is 0 Å². The summed E-state index contributed by atoms with van der Waals surface area (Å²) in [6, 6.07) is 0. The lowest BCUT2D eigenvalue weighted by Gasteiger charge is -2.26. The Balaban J connectivity index is 2.12. The van der Waals surface area contributed by atoms with Gasteiger partial charge in [-0.05, 0) is 39.2 Å². The minimum atomic E-state index is -0.195. The molecular weight excluding hydrogens is 232 g/mol. The molecular formula is C13H20N2OS. The summed E-state index contributed by atoms with van der Waals surface area (Å²) in [5.41, 5.74) is 3.26. The Morgan fingerprint density at radius 2 is 1.65 bits per heavy atom. The second-order valence-corrected chi connectivity index (χ2v) is 6.02. The van der Waals surface area contributed by atoms with Crippen LogP contribution in [0.15, 0.2) is 5.16 Å². The average molecular weight is 252 g/mol. The molecule has 4 heteroatoms. The Morgan fingerprint density at radius 1 is 1.06 bits per heavy atom. The highest BCUT2D eigenvalue weighted by Gasteiger charge is 2.25. The van der Waals surface area contributed by atoms with Gasteiger partial charge in [-0.3, -0.25) is 0 Å². The highest BCUT2D eigenvalue weighted by atomic mass is 32.2. The third-order valence-electron chi connectivity index (χ3n) is 3.54. The molecule has 3 nitrogen and oxygen atoms in total. The van der Waals surface area contributed by atoms with Crippen molar-refractivity contribution in [2.24, 2.45) is 0 Å². The molecule has 0 spiro atoms. The largest absolute Gasteiger partial charge is 0.392 e. The maximum Gasteiger partial charge on any atom is 0.188 e. The van der Waals surface area contributed by atoms with Crippen molar-refractivity contribution in [3.8, 4) is 0 Å². The molecule has 0 bridgehead atoms. The van der Waals surface area contributed by atoms with Crippen LogP contribution in [-0.2, 0) is 0 Å². The smallest absolute Gasteiger partial charge is 0.188 e. The molecule has 1 N–H and O–H groups in total. The van der Waals surface area contributed by atoms with Gasteiger partial charge in [-0.1, -0.05) is 24.6 Å². The summed E-state index contributed by atoms with van der Waals surface area (Å²) in [7, 11) is 0. The summed E-state index contributed by atoms with van der Waals surface area (Å²) in [6.07, 6.45) is 4.14. The summed E-state index contributed by atoms with van der Waals surface area (Å²) in [4.78, 5) is 9.01. The molecule has 0 aromatic carbocycles. The number of aryl methyl sites for hydroxylation is 2. The van der Waals surface area contributed by atoms with Gasteiger partial charge < -0.3 is 5.11 Å². The lowest BCUT2D eigenvalue weighted by Crippen LogP contribution is -2.27. The van der Waals surface area contributed by atoms with Gasteiger partial charge in [0.2, 0.25) is 0 Å². The molecule has 0 saturated heterocycles. The number of rotatable bonds is 2. The minimum Gasteiger partial charge on any atom is -0.392 e. The molecule has 2 unspecified atom stereocenters. The monoisotopic (exact) mass is 252 g/mol. The van der Waals surface area contributed by atoms with Crippen LogP contribution in [0.3, 0.4) is 0 Å². The third-order valence-corrected chi connectivity index (χ3v) is 4.78. The molecule has 1 aliphatic carbocycles. The van der Waals surface area contributed by atoms with Crippen molar-refractivity contribution in [2.45, 2.75) is 63.0 Å². The summed E-state index contributed by atoms with van der Waals surface area (Å²) < 4.78 is 0. The maximum atomic E-state index is 9.95. The fourth-order valence-corrected chi connectivity index (χ4v) is 3.37. The Labute approximate surface area is 107 Å². The van der Waals surface area contributed by atoms with E-state index in [-0.39, 0.29) is 11.4 Å². The topological polar surface area (TPSA) is 46.0 Å². The standard InChI is InChI=1S/C13H20N2OS/c1-8-9(2)14-13(15-10(8)3)17-12-7-5-4-6-11(12)16/h11-12,16H,4-7H2,1-3H3. The molecule has 1 heterocycles. The van der Waals surface area contributed by atoms with Crippen molar-refractivity contribution in [3.05, 3.63) is 17.0 Å². The second kappa shape index (κ2) is 5.36. The molecule has 1 fully saturated rings. The van der Waals surface area contributed by atoms with Crippen LogP contribution in [0.4, 0.5) is 0 Å². The van der Waals surface area contributed by atoms with Gasteiger partial charge in [-0.15, -0.1) is 0 Å². The zero-order valence-electron chi connectivity index (χ0n) is 10.7. The van der Waals surface area contributed by atoms with Crippen LogP contribution in [0, 0.1) is 20.8 Å². The van der Waals surface area contributed by atoms with Crippen LogP contribution >= 0.6 is 11.8 Å². The van der Waals surface area contributed by atoms with E-state index in [0.29, 0.717) is 0 Å². The zero-order valence-corrected chi connectivity index (χ0v) is 11.5. The van der Waals surface area contributed by atoms with Crippen molar-refractivity contribution < 1.29 is 5.11 Å². The van der Waals surface area contributed by atoms with Crippen LogP contribution < -0.4 is 0 Å². The summed E-state index contributed by atoms with van der Waals surface area (Å²) in [6.45, 7) is 6.09. The normalized spacial score (nSPS) is 24.9. The average Bonchev–Trinajstić information content (AvgIpc) is 2.29. The van der Waals surface area contributed by atoms with E-state index in [4.69, 9.17) is 0 Å². The number of nitrogens with zero attached hydrogens (tertiary/aromatic N) is 2. The van der Waals surface area contributed by atoms with Gasteiger partial charge in [-0.2, -0.15) is 0 Å². The summed E-state index contributed by atoms with van der Waals surface area (Å²) in [5.74, 6) is 0. The number of aromatic nitrogens is 2. The fraction of sp³-hybridized carbons (Fsp3) is 0.692. The fourth-order valence-electron chi connectivity index (χ4n) is 2.14. The van der Waals surface area contributed by atoms with Gasteiger partial charge in [-0.25, -0.2) is 9.97 Å². The van der Waals surface area contributed by atoms with Crippen molar-refractivity contribution in [1.82, 2.24) is 9.97 Å². The number of aliphatic hydroxyl groups excluding tert-OH is 1. The van der Waals surface area contributed by atoms with Gasteiger partial charge in [0.1, 0.15) is 0 Å². The lowest BCUT2D eigenvalue weighted by atomic mass is 9.97. The van der Waals surface area contributed by atoms with Crippen molar-refractivity contribution in [2.75, 3.05) is 0 Å². The molecule has 1 saturated carbocycles. The molecule has 2 rings (SSSR count). The Kier molecular flexibility index (Phi) is 4.05. The highest BCUT2D eigenvalue weighted by Crippen LogP contribution is 2.32. The van der Waals surface area contributed by atoms with Gasteiger partial charge in [0, 0.05) is 16.6 Å². The van der Waals surface area contributed by atoms with Crippen LogP contribution in [0.2, 0.25) is 0 Å². The maximum absolute atomic E-state index is 9.95. The van der Waals surface area contributed by atoms with Crippen molar-refractivity contribution in [3.63, 3.8) is 0 Å². The van der Waals surface area contributed by atoms with Crippen LogP contribution in [0.25, 0.3) is 0 Å². The summed E-state index contributed by atoms with van der Waals surface area (Å²) >= 11 is 1.64. The van der Waals surface area contributed by atoms with E-state index in [1.807, 2.05) is 13.8 Å². The summed E-state index contributed by atoms with van der Waals surface area (Å²) in [5, 5.41) is 11.0. The van der Waals surface area contributed by atoms with Crippen LogP contribution in [0.1, 0.15) is 42.6 Å². The first-order valence-electron chi connectivity index (χ1n) is 6.24. The number of aliphatic hydroxyl groups is 1. The highest BCUT2D eigenvalue weighted by molar-refractivity contribution is 7.99. The van der Waals surface area contributed by atoms with E-state index in [2.05, 4.69) is 16.9 Å². The van der Waals surface area contributed by atoms with Crippen molar-refractivity contribution in [1.29, 1.82) is 0 Å². The third kappa shape index (κ3) is 2.99. The lowest BCUT2D eigenvalue weighted by molar-refractivity contribution is 0.137. The molecule has 94 valence electrons. The van der Waals surface area contributed by atoms with E-state index >= 15 is 0 Å². The minimum absolute atomic E-state index is 0.195.